The summed E-state index contributed by atoms with van der Waals surface area (Å²) in [6.45, 7) is 3.04. The highest BCUT2D eigenvalue weighted by Crippen LogP contribution is 2.17. The number of hydrogen-bond donors (Lipinski definition) is 0. The maximum absolute atomic E-state index is 10.9. The van der Waals surface area contributed by atoms with Gasteiger partial charge in [-0.3, -0.25) is 14.9 Å². The van der Waals surface area contributed by atoms with Crippen LogP contribution in [0.5, 0.6) is 0 Å². The van der Waals surface area contributed by atoms with E-state index in [0.29, 0.717) is 0 Å². The van der Waals surface area contributed by atoms with Crippen molar-refractivity contribution in [3.63, 3.8) is 0 Å². The molecule has 2 unspecified atom stereocenters. The standard InChI is InChI=1S/C10H17NO5/c1-7(6-8(2)12)9(11(14)15)4-5-10(13)16-3/h7,9H,4-6H2,1-3H3. The summed E-state index contributed by atoms with van der Waals surface area (Å²) in [5, 5.41) is 10.8. The Morgan fingerprint density at radius 2 is 2.00 bits per heavy atom. The van der Waals surface area contributed by atoms with E-state index in [1.807, 2.05) is 0 Å². The van der Waals surface area contributed by atoms with Gasteiger partial charge in [-0.15, -0.1) is 0 Å². The average molecular weight is 231 g/mol. The maximum Gasteiger partial charge on any atom is 0.305 e. The molecule has 0 spiro atoms. The van der Waals surface area contributed by atoms with Gasteiger partial charge < -0.3 is 9.53 Å². The molecule has 6 nitrogen and oxygen atoms in total. The lowest BCUT2D eigenvalue weighted by molar-refractivity contribution is -0.532. The summed E-state index contributed by atoms with van der Waals surface area (Å²) < 4.78 is 4.41. The van der Waals surface area contributed by atoms with Crippen LogP contribution >= 0.6 is 0 Å². The van der Waals surface area contributed by atoms with Crippen molar-refractivity contribution in [1.29, 1.82) is 0 Å². The highest BCUT2D eigenvalue weighted by molar-refractivity contribution is 5.75. The first-order valence-corrected chi connectivity index (χ1v) is 5.08. The molecule has 0 aliphatic carbocycles. The number of carbonyl (C=O) groups is 2. The van der Waals surface area contributed by atoms with Gasteiger partial charge in [0.2, 0.25) is 6.04 Å². The van der Waals surface area contributed by atoms with Gasteiger partial charge in [0.15, 0.2) is 0 Å². The zero-order valence-electron chi connectivity index (χ0n) is 9.76. The largest absolute Gasteiger partial charge is 0.469 e. The van der Waals surface area contributed by atoms with Crippen LogP contribution in [0.15, 0.2) is 0 Å². The van der Waals surface area contributed by atoms with Crippen LogP contribution in [-0.4, -0.2) is 29.8 Å². The lowest BCUT2D eigenvalue weighted by atomic mass is 9.93. The SMILES string of the molecule is COC(=O)CCC(C(C)CC(C)=O)[N+](=O)[O-]. The topological polar surface area (TPSA) is 86.5 Å². The van der Waals surface area contributed by atoms with Crippen molar-refractivity contribution in [2.24, 2.45) is 5.92 Å². The highest BCUT2D eigenvalue weighted by Gasteiger charge is 2.29. The second-order valence-electron chi connectivity index (χ2n) is 3.85. The quantitative estimate of drug-likeness (QED) is 0.373. The van der Waals surface area contributed by atoms with Gasteiger partial charge >= 0.3 is 5.97 Å². The molecular weight excluding hydrogens is 214 g/mol. The van der Waals surface area contributed by atoms with Crippen LogP contribution in [0.25, 0.3) is 0 Å². The zero-order valence-corrected chi connectivity index (χ0v) is 9.76. The summed E-state index contributed by atoms with van der Waals surface area (Å²) in [5.74, 6) is -0.920. The van der Waals surface area contributed by atoms with Gasteiger partial charge in [0.25, 0.3) is 0 Å². The third-order valence-electron chi connectivity index (χ3n) is 2.41. The summed E-state index contributed by atoms with van der Waals surface area (Å²) in [7, 11) is 1.24. The molecule has 0 fully saturated rings. The van der Waals surface area contributed by atoms with E-state index < -0.39 is 16.9 Å². The van der Waals surface area contributed by atoms with Crippen molar-refractivity contribution in [3.05, 3.63) is 10.1 Å². The third-order valence-corrected chi connectivity index (χ3v) is 2.41. The molecule has 0 rings (SSSR count). The molecule has 0 heterocycles. The Labute approximate surface area is 94.1 Å². The lowest BCUT2D eigenvalue weighted by Gasteiger charge is -2.15. The highest BCUT2D eigenvalue weighted by atomic mass is 16.6. The summed E-state index contributed by atoms with van der Waals surface area (Å²) in [4.78, 5) is 32.1. The summed E-state index contributed by atoms with van der Waals surface area (Å²) in [6, 6.07) is -0.872. The Kier molecular flexibility index (Phi) is 6.29. The molecule has 0 aromatic rings. The monoisotopic (exact) mass is 231 g/mol. The number of hydrogen-bond acceptors (Lipinski definition) is 5. The van der Waals surface area contributed by atoms with E-state index in [0.717, 1.165) is 0 Å². The first-order valence-electron chi connectivity index (χ1n) is 5.08. The van der Waals surface area contributed by atoms with E-state index in [9.17, 15) is 19.7 Å². The van der Waals surface area contributed by atoms with Crippen molar-refractivity contribution in [3.8, 4) is 0 Å². The Balaban J connectivity index is 4.32. The van der Waals surface area contributed by atoms with Crippen LogP contribution in [0.4, 0.5) is 0 Å². The molecule has 0 amide bonds. The van der Waals surface area contributed by atoms with Crippen molar-refractivity contribution in [2.45, 2.75) is 39.2 Å². The molecule has 16 heavy (non-hydrogen) atoms. The summed E-state index contributed by atoms with van der Waals surface area (Å²) in [5.41, 5.74) is 0. The van der Waals surface area contributed by atoms with E-state index >= 15 is 0 Å². The first-order chi connectivity index (χ1) is 7.38. The van der Waals surface area contributed by atoms with Crippen molar-refractivity contribution < 1.29 is 19.2 Å². The number of methoxy groups -OCH3 is 1. The summed E-state index contributed by atoms with van der Waals surface area (Å²) >= 11 is 0. The molecule has 0 aromatic heterocycles. The van der Waals surface area contributed by atoms with Crippen LogP contribution in [0.1, 0.15) is 33.1 Å². The van der Waals surface area contributed by atoms with E-state index in [1.165, 1.54) is 14.0 Å². The van der Waals surface area contributed by atoms with E-state index in [4.69, 9.17) is 0 Å². The van der Waals surface area contributed by atoms with Crippen LogP contribution < -0.4 is 0 Å². The molecule has 0 bridgehead atoms. The zero-order chi connectivity index (χ0) is 12.7. The van der Waals surface area contributed by atoms with Crippen LogP contribution in [0.2, 0.25) is 0 Å². The normalized spacial score (nSPS) is 13.9. The smallest absolute Gasteiger partial charge is 0.305 e. The Hall–Kier alpha value is -1.46. The molecule has 6 heteroatoms. The number of Topliss-reactive ketones (excluding diaryl/α,β-unsaturated/α-hetero) is 1. The van der Waals surface area contributed by atoms with Gasteiger partial charge in [-0.1, -0.05) is 6.92 Å². The summed E-state index contributed by atoms with van der Waals surface area (Å²) in [6.07, 6.45) is 0.269. The molecule has 0 aromatic carbocycles. The predicted octanol–water partition coefficient (Wildman–Crippen LogP) is 1.20. The van der Waals surface area contributed by atoms with Gasteiger partial charge in [0.05, 0.1) is 13.5 Å². The molecular formula is C10H17NO5. The van der Waals surface area contributed by atoms with Gasteiger partial charge in [0, 0.05) is 23.7 Å². The molecule has 0 aliphatic heterocycles. The van der Waals surface area contributed by atoms with Crippen LogP contribution in [-0.2, 0) is 14.3 Å². The van der Waals surface area contributed by atoms with Crippen molar-refractivity contribution in [1.82, 2.24) is 0 Å². The van der Waals surface area contributed by atoms with Gasteiger partial charge in [-0.25, -0.2) is 0 Å². The number of esters is 1. The Bertz CT molecular complexity index is 276. The second kappa shape index (κ2) is 6.92. The number of ketones is 1. The van der Waals surface area contributed by atoms with E-state index in [2.05, 4.69) is 4.74 Å². The molecule has 0 saturated heterocycles. The number of rotatable bonds is 7. The van der Waals surface area contributed by atoms with E-state index in [-0.39, 0.29) is 31.0 Å². The molecule has 2 atom stereocenters. The number of nitrogens with zero attached hydrogens (tertiary/aromatic N) is 1. The molecule has 0 aliphatic rings. The number of nitro groups is 1. The van der Waals surface area contributed by atoms with Crippen LogP contribution in [0.3, 0.4) is 0 Å². The van der Waals surface area contributed by atoms with Gasteiger partial charge in [-0.05, 0) is 6.92 Å². The molecule has 0 saturated carbocycles. The van der Waals surface area contributed by atoms with Gasteiger partial charge in [-0.2, -0.15) is 0 Å². The second-order valence-corrected chi connectivity index (χ2v) is 3.85. The molecule has 0 N–H and O–H groups in total. The fraction of sp³-hybridized carbons (Fsp3) is 0.800. The minimum Gasteiger partial charge on any atom is -0.469 e. The Morgan fingerprint density at radius 3 is 2.38 bits per heavy atom. The number of carbonyl (C=O) groups excluding carboxylic acids is 2. The van der Waals surface area contributed by atoms with Crippen molar-refractivity contribution >= 4 is 11.8 Å². The average Bonchev–Trinajstić information content (AvgIpc) is 2.15. The van der Waals surface area contributed by atoms with E-state index in [1.54, 1.807) is 6.92 Å². The van der Waals surface area contributed by atoms with Gasteiger partial charge in [0.1, 0.15) is 5.78 Å². The van der Waals surface area contributed by atoms with Crippen molar-refractivity contribution in [2.75, 3.05) is 7.11 Å². The molecule has 0 radical (unpaired) electrons. The predicted molar refractivity (Wildman–Crippen MR) is 56.5 cm³/mol. The molecule has 92 valence electrons. The maximum atomic E-state index is 10.9. The van der Waals surface area contributed by atoms with Crippen LogP contribution in [0, 0.1) is 16.0 Å². The number of ether oxygens (including phenoxy) is 1. The first kappa shape index (κ1) is 14.5. The minimum absolute atomic E-state index is 0.00436. The Morgan fingerprint density at radius 1 is 1.44 bits per heavy atom. The fourth-order valence-electron chi connectivity index (χ4n) is 1.55. The minimum atomic E-state index is -0.872. The lowest BCUT2D eigenvalue weighted by Crippen LogP contribution is -2.29. The third kappa shape index (κ3) is 5.43. The fourth-order valence-corrected chi connectivity index (χ4v) is 1.55.